The van der Waals surface area contributed by atoms with Gasteiger partial charge in [0.1, 0.15) is 6.61 Å². The zero-order chi connectivity index (χ0) is 20.6. The molecule has 3 aromatic carbocycles. The van der Waals surface area contributed by atoms with Crippen LogP contribution in [0.1, 0.15) is 28.4 Å². The van der Waals surface area contributed by atoms with E-state index in [1.165, 1.54) is 14.2 Å². The molecule has 0 atom stereocenters. The molecule has 0 aromatic heterocycles. The Balaban J connectivity index is 1.85. The molecule has 150 valence electrons. The molecule has 0 unspecified atom stereocenters. The highest BCUT2D eigenvalue weighted by atomic mass is 16.5. The van der Waals surface area contributed by atoms with E-state index in [9.17, 15) is 4.79 Å². The van der Waals surface area contributed by atoms with E-state index in [2.05, 4.69) is 12.2 Å². The van der Waals surface area contributed by atoms with Crippen LogP contribution in [0.5, 0.6) is 17.2 Å². The Morgan fingerprint density at radius 3 is 2.14 bits per heavy atom. The maximum Gasteiger partial charge on any atom is 0.255 e. The van der Waals surface area contributed by atoms with Gasteiger partial charge in [-0.1, -0.05) is 55.5 Å². The second kappa shape index (κ2) is 9.64. The Hall–Kier alpha value is -3.47. The van der Waals surface area contributed by atoms with Gasteiger partial charge >= 0.3 is 0 Å². The van der Waals surface area contributed by atoms with Crippen LogP contribution in [0.3, 0.4) is 0 Å². The molecule has 5 nitrogen and oxygen atoms in total. The summed E-state index contributed by atoms with van der Waals surface area (Å²) < 4.78 is 16.9. The number of nitrogens with one attached hydrogen (secondary N) is 1. The van der Waals surface area contributed by atoms with Crippen LogP contribution in [0.2, 0.25) is 0 Å². The van der Waals surface area contributed by atoms with Crippen LogP contribution in [0.4, 0.5) is 5.69 Å². The Morgan fingerprint density at radius 2 is 1.52 bits per heavy atom. The van der Waals surface area contributed by atoms with Crippen molar-refractivity contribution < 1.29 is 19.0 Å². The first-order chi connectivity index (χ1) is 14.2. The van der Waals surface area contributed by atoms with E-state index in [4.69, 9.17) is 14.2 Å². The smallest absolute Gasteiger partial charge is 0.255 e. The lowest BCUT2D eigenvalue weighted by Crippen LogP contribution is -2.14. The highest BCUT2D eigenvalue weighted by Crippen LogP contribution is 2.39. The Labute approximate surface area is 171 Å². The van der Waals surface area contributed by atoms with Gasteiger partial charge in [-0.3, -0.25) is 4.79 Å². The van der Waals surface area contributed by atoms with Crippen LogP contribution in [0.15, 0.2) is 66.7 Å². The third kappa shape index (κ3) is 4.88. The number of aryl methyl sites for hydroxylation is 1. The summed E-state index contributed by atoms with van der Waals surface area (Å²) in [4.78, 5) is 12.8. The molecular weight excluding hydrogens is 366 g/mol. The largest absolute Gasteiger partial charge is 0.493 e. The zero-order valence-electron chi connectivity index (χ0n) is 16.9. The van der Waals surface area contributed by atoms with Crippen molar-refractivity contribution in [1.29, 1.82) is 0 Å². The van der Waals surface area contributed by atoms with E-state index < -0.39 is 0 Å². The fourth-order valence-corrected chi connectivity index (χ4v) is 3.03. The predicted octanol–water partition coefficient (Wildman–Crippen LogP) is 5.10. The summed E-state index contributed by atoms with van der Waals surface area (Å²) in [6.45, 7) is 2.42. The molecule has 1 N–H and O–H groups in total. The Kier molecular flexibility index (Phi) is 6.74. The topological polar surface area (TPSA) is 56.8 Å². The summed E-state index contributed by atoms with van der Waals surface area (Å²) in [6.07, 6.45) is 0.829. The fourth-order valence-electron chi connectivity index (χ4n) is 3.03. The van der Waals surface area contributed by atoms with Gasteiger partial charge < -0.3 is 19.5 Å². The number of rotatable bonds is 8. The average Bonchev–Trinajstić information content (AvgIpc) is 2.78. The monoisotopic (exact) mass is 391 g/mol. The van der Waals surface area contributed by atoms with Crippen molar-refractivity contribution in [1.82, 2.24) is 0 Å². The summed E-state index contributed by atoms with van der Waals surface area (Å²) in [5, 5.41) is 2.97. The number of ether oxygens (including phenoxy) is 3. The molecule has 0 heterocycles. The van der Waals surface area contributed by atoms with Crippen molar-refractivity contribution in [3.8, 4) is 17.2 Å². The SMILES string of the molecule is CCc1ccccc1NC(=O)c1cc(OC)c(OCc2ccccc2)c(OC)c1. The molecule has 0 aliphatic rings. The van der Waals surface area contributed by atoms with Gasteiger partial charge in [0.05, 0.1) is 14.2 Å². The molecule has 3 rings (SSSR count). The maximum atomic E-state index is 12.8. The minimum absolute atomic E-state index is 0.239. The second-order valence-electron chi connectivity index (χ2n) is 6.45. The van der Waals surface area contributed by atoms with Gasteiger partial charge in [-0.15, -0.1) is 0 Å². The second-order valence-corrected chi connectivity index (χ2v) is 6.45. The van der Waals surface area contributed by atoms with E-state index in [1.54, 1.807) is 12.1 Å². The molecule has 5 heteroatoms. The summed E-state index contributed by atoms with van der Waals surface area (Å²) in [5.74, 6) is 1.10. The third-order valence-electron chi connectivity index (χ3n) is 4.60. The average molecular weight is 391 g/mol. The van der Waals surface area contributed by atoms with Crippen molar-refractivity contribution in [2.24, 2.45) is 0 Å². The molecular formula is C24H25NO4. The summed E-state index contributed by atoms with van der Waals surface area (Å²) >= 11 is 0. The van der Waals surface area contributed by atoms with Crippen molar-refractivity contribution in [3.63, 3.8) is 0 Å². The molecule has 0 spiro atoms. The minimum Gasteiger partial charge on any atom is -0.493 e. The number of hydrogen-bond donors (Lipinski definition) is 1. The van der Waals surface area contributed by atoms with E-state index in [0.29, 0.717) is 29.4 Å². The number of methoxy groups -OCH3 is 2. The number of carbonyl (C=O) groups excluding carboxylic acids is 1. The summed E-state index contributed by atoms with van der Waals surface area (Å²) in [5.41, 5.74) is 3.32. The van der Waals surface area contributed by atoms with Gasteiger partial charge in [-0.25, -0.2) is 0 Å². The number of benzene rings is 3. The lowest BCUT2D eigenvalue weighted by Gasteiger charge is -2.16. The first kappa shape index (κ1) is 20.3. The Morgan fingerprint density at radius 1 is 0.897 bits per heavy atom. The van der Waals surface area contributed by atoms with Crippen molar-refractivity contribution in [2.75, 3.05) is 19.5 Å². The molecule has 1 amide bonds. The highest BCUT2D eigenvalue weighted by molar-refractivity contribution is 6.05. The molecule has 0 bridgehead atoms. The van der Waals surface area contributed by atoms with E-state index >= 15 is 0 Å². The zero-order valence-corrected chi connectivity index (χ0v) is 16.9. The maximum absolute atomic E-state index is 12.8. The molecule has 0 fully saturated rings. The molecule has 0 aliphatic carbocycles. The minimum atomic E-state index is -0.239. The first-order valence-corrected chi connectivity index (χ1v) is 9.48. The normalized spacial score (nSPS) is 10.3. The van der Waals surface area contributed by atoms with Crippen molar-refractivity contribution >= 4 is 11.6 Å². The quantitative estimate of drug-likeness (QED) is 0.581. The standard InChI is InChI=1S/C24H25NO4/c1-4-18-12-8-9-13-20(18)25-24(26)19-14-21(27-2)23(22(15-19)28-3)29-16-17-10-6-5-7-11-17/h5-15H,4,16H2,1-3H3,(H,25,26). The van der Waals surface area contributed by atoms with Crippen LogP contribution >= 0.6 is 0 Å². The van der Waals surface area contributed by atoms with Crippen LogP contribution in [0, 0.1) is 0 Å². The van der Waals surface area contributed by atoms with Gasteiger partial charge in [0.25, 0.3) is 5.91 Å². The number of para-hydroxylation sites is 1. The molecule has 0 radical (unpaired) electrons. The predicted molar refractivity (Wildman–Crippen MR) is 114 cm³/mol. The molecule has 0 saturated heterocycles. The van der Waals surface area contributed by atoms with Gasteiger partial charge in [0.15, 0.2) is 11.5 Å². The number of hydrogen-bond acceptors (Lipinski definition) is 4. The number of carbonyl (C=O) groups is 1. The van der Waals surface area contributed by atoms with Crippen LogP contribution < -0.4 is 19.5 Å². The molecule has 0 aliphatic heterocycles. The summed E-state index contributed by atoms with van der Waals surface area (Å²) in [6, 6.07) is 20.9. The lowest BCUT2D eigenvalue weighted by atomic mass is 10.1. The molecule has 3 aromatic rings. The fraction of sp³-hybridized carbons (Fsp3) is 0.208. The first-order valence-electron chi connectivity index (χ1n) is 9.48. The van der Waals surface area contributed by atoms with E-state index in [1.807, 2.05) is 54.6 Å². The van der Waals surface area contributed by atoms with Crippen LogP contribution in [-0.4, -0.2) is 20.1 Å². The van der Waals surface area contributed by atoms with E-state index in [0.717, 1.165) is 23.2 Å². The number of anilines is 1. The van der Waals surface area contributed by atoms with Crippen molar-refractivity contribution in [3.05, 3.63) is 83.4 Å². The highest BCUT2D eigenvalue weighted by Gasteiger charge is 2.18. The van der Waals surface area contributed by atoms with Gasteiger partial charge in [0.2, 0.25) is 5.75 Å². The third-order valence-corrected chi connectivity index (χ3v) is 4.60. The van der Waals surface area contributed by atoms with Crippen LogP contribution in [0.25, 0.3) is 0 Å². The van der Waals surface area contributed by atoms with Crippen molar-refractivity contribution in [2.45, 2.75) is 20.0 Å². The van der Waals surface area contributed by atoms with Gasteiger partial charge in [-0.05, 0) is 35.7 Å². The number of amides is 1. The van der Waals surface area contributed by atoms with E-state index in [-0.39, 0.29) is 5.91 Å². The Bertz CT molecular complexity index is 945. The molecule has 0 saturated carbocycles. The summed E-state index contributed by atoms with van der Waals surface area (Å²) in [7, 11) is 3.08. The van der Waals surface area contributed by atoms with Gasteiger partial charge in [-0.2, -0.15) is 0 Å². The lowest BCUT2D eigenvalue weighted by molar-refractivity contribution is 0.102. The van der Waals surface area contributed by atoms with Gasteiger partial charge in [0, 0.05) is 11.3 Å². The molecule has 29 heavy (non-hydrogen) atoms. The van der Waals surface area contributed by atoms with Crippen LogP contribution in [-0.2, 0) is 13.0 Å².